The van der Waals surface area contributed by atoms with Gasteiger partial charge in [-0.2, -0.15) is 8.78 Å². The predicted molar refractivity (Wildman–Crippen MR) is 131 cm³/mol. The third-order valence-electron chi connectivity index (χ3n) is 4.59. The van der Waals surface area contributed by atoms with Crippen LogP contribution in [0.2, 0.25) is 0 Å². The minimum absolute atomic E-state index is 0. The van der Waals surface area contributed by atoms with E-state index in [0.29, 0.717) is 41.7 Å². The second-order valence-electron chi connectivity index (χ2n) is 6.60. The van der Waals surface area contributed by atoms with E-state index in [1.165, 1.54) is 6.07 Å². The van der Waals surface area contributed by atoms with Gasteiger partial charge in [-0.25, -0.2) is 0 Å². The van der Waals surface area contributed by atoms with E-state index in [-0.39, 0.29) is 36.3 Å². The first kappa shape index (κ1) is 27.5. The molecule has 0 spiro atoms. The van der Waals surface area contributed by atoms with Crippen molar-refractivity contribution in [3.05, 3.63) is 47.0 Å². The fraction of sp³-hybridized carbons (Fsp3) is 0.409. The number of methoxy groups -OCH3 is 3. The zero-order valence-corrected chi connectivity index (χ0v) is 21.2. The van der Waals surface area contributed by atoms with Crippen molar-refractivity contribution in [2.45, 2.75) is 26.5 Å². The van der Waals surface area contributed by atoms with Gasteiger partial charge in [0.05, 0.1) is 21.3 Å². The lowest BCUT2D eigenvalue weighted by Gasteiger charge is -2.17. The van der Waals surface area contributed by atoms with Gasteiger partial charge in [0.2, 0.25) is 0 Å². The van der Waals surface area contributed by atoms with Crippen LogP contribution in [0.1, 0.15) is 16.7 Å². The van der Waals surface area contributed by atoms with Crippen molar-refractivity contribution < 1.29 is 27.7 Å². The first-order valence-corrected chi connectivity index (χ1v) is 9.69. The number of guanidine groups is 1. The van der Waals surface area contributed by atoms with Gasteiger partial charge in [0.15, 0.2) is 5.96 Å². The molecule has 0 unspecified atom stereocenters. The Morgan fingerprint density at radius 1 is 0.969 bits per heavy atom. The van der Waals surface area contributed by atoms with E-state index in [1.807, 2.05) is 6.92 Å². The quantitative estimate of drug-likeness (QED) is 0.256. The Morgan fingerprint density at radius 3 is 2.16 bits per heavy atom. The molecule has 0 saturated carbocycles. The van der Waals surface area contributed by atoms with Gasteiger partial charge in [0.1, 0.15) is 23.0 Å². The molecule has 0 fully saturated rings. The zero-order chi connectivity index (χ0) is 22.8. The Labute approximate surface area is 204 Å². The minimum atomic E-state index is -2.88. The lowest BCUT2D eigenvalue weighted by molar-refractivity contribution is -0.0504. The van der Waals surface area contributed by atoms with Gasteiger partial charge in [-0.05, 0) is 19.4 Å². The SMILES string of the molecule is CN=C(NCCc1c(OC)cc(OC)cc1OC)NCc1cc(C)ccc1OC(F)F.I. The Bertz CT molecular complexity index is 872. The van der Waals surface area contributed by atoms with Crippen LogP contribution in [-0.4, -0.2) is 47.5 Å². The number of nitrogens with one attached hydrogen (secondary N) is 2. The number of ether oxygens (including phenoxy) is 4. The molecule has 0 bridgehead atoms. The smallest absolute Gasteiger partial charge is 0.387 e. The van der Waals surface area contributed by atoms with Gasteiger partial charge in [0.25, 0.3) is 0 Å². The van der Waals surface area contributed by atoms with Gasteiger partial charge in [-0.3, -0.25) is 4.99 Å². The molecule has 0 saturated heterocycles. The lowest BCUT2D eigenvalue weighted by atomic mass is 10.1. The summed E-state index contributed by atoms with van der Waals surface area (Å²) in [7, 11) is 6.40. The van der Waals surface area contributed by atoms with E-state index in [9.17, 15) is 8.78 Å². The molecule has 32 heavy (non-hydrogen) atoms. The molecule has 0 aliphatic rings. The molecular weight excluding hydrogens is 535 g/mol. The summed E-state index contributed by atoms with van der Waals surface area (Å²) in [6, 6.07) is 8.66. The molecular formula is C22H30F2IN3O4. The predicted octanol–water partition coefficient (Wildman–Crippen LogP) is 4.15. The van der Waals surface area contributed by atoms with Gasteiger partial charge in [-0.1, -0.05) is 17.7 Å². The minimum Gasteiger partial charge on any atom is -0.496 e. The van der Waals surface area contributed by atoms with Gasteiger partial charge >= 0.3 is 6.61 Å². The molecule has 2 rings (SSSR count). The number of aryl methyl sites for hydroxylation is 1. The molecule has 2 aromatic carbocycles. The number of rotatable bonds is 10. The average Bonchev–Trinajstić information content (AvgIpc) is 2.76. The van der Waals surface area contributed by atoms with Crippen LogP contribution >= 0.6 is 24.0 Å². The molecule has 7 nitrogen and oxygen atoms in total. The van der Waals surface area contributed by atoms with E-state index in [1.54, 1.807) is 52.6 Å². The fourth-order valence-electron chi connectivity index (χ4n) is 3.09. The van der Waals surface area contributed by atoms with Gasteiger partial charge < -0.3 is 29.6 Å². The highest BCUT2D eigenvalue weighted by atomic mass is 127. The van der Waals surface area contributed by atoms with Crippen LogP contribution in [0.5, 0.6) is 23.0 Å². The molecule has 0 aliphatic carbocycles. The molecule has 0 aliphatic heterocycles. The van der Waals surface area contributed by atoms with Crippen LogP contribution < -0.4 is 29.6 Å². The van der Waals surface area contributed by atoms with E-state index in [4.69, 9.17) is 14.2 Å². The van der Waals surface area contributed by atoms with Crippen molar-refractivity contribution in [2.24, 2.45) is 4.99 Å². The molecule has 10 heteroatoms. The molecule has 0 aromatic heterocycles. The van der Waals surface area contributed by atoms with Crippen LogP contribution in [0.25, 0.3) is 0 Å². The third kappa shape index (κ3) is 7.88. The summed E-state index contributed by atoms with van der Waals surface area (Å²) < 4.78 is 46.1. The van der Waals surface area contributed by atoms with Crippen LogP contribution in [0.4, 0.5) is 8.78 Å². The van der Waals surface area contributed by atoms with E-state index in [2.05, 4.69) is 20.4 Å². The summed E-state index contributed by atoms with van der Waals surface area (Å²) >= 11 is 0. The summed E-state index contributed by atoms with van der Waals surface area (Å²) in [6.07, 6.45) is 0.598. The van der Waals surface area contributed by atoms with E-state index < -0.39 is 6.61 Å². The lowest BCUT2D eigenvalue weighted by Crippen LogP contribution is -2.38. The maximum absolute atomic E-state index is 12.7. The van der Waals surface area contributed by atoms with Crippen molar-refractivity contribution in [3.63, 3.8) is 0 Å². The summed E-state index contributed by atoms with van der Waals surface area (Å²) in [5.74, 6) is 2.62. The molecule has 0 atom stereocenters. The standard InChI is InChI=1S/C22H29F2N3O4.HI/c1-14-6-7-18(31-21(23)24)15(10-14)13-27-22(25-2)26-9-8-17-19(29-4)11-16(28-3)12-20(17)30-5;/h6-7,10-12,21H,8-9,13H2,1-5H3,(H2,25,26,27);1H. The second kappa shape index (κ2) is 13.8. The molecule has 2 N–H and O–H groups in total. The fourth-order valence-corrected chi connectivity index (χ4v) is 3.09. The van der Waals surface area contributed by atoms with Crippen LogP contribution in [0.15, 0.2) is 35.3 Å². The number of hydrogen-bond acceptors (Lipinski definition) is 5. The first-order chi connectivity index (χ1) is 14.9. The van der Waals surface area contributed by atoms with E-state index >= 15 is 0 Å². The van der Waals surface area contributed by atoms with Crippen LogP contribution in [0, 0.1) is 6.92 Å². The highest BCUT2D eigenvalue weighted by Crippen LogP contribution is 2.34. The Hall–Kier alpha value is -2.50. The maximum Gasteiger partial charge on any atom is 0.387 e. The molecule has 0 heterocycles. The summed E-state index contributed by atoms with van der Waals surface area (Å²) in [6.45, 7) is -0.183. The highest BCUT2D eigenvalue weighted by molar-refractivity contribution is 14.0. The Kier molecular flexibility index (Phi) is 11.9. The van der Waals surface area contributed by atoms with Crippen molar-refractivity contribution in [3.8, 4) is 23.0 Å². The monoisotopic (exact) mass is 565 g/mol. The van der Waals surface area contributed by atoms with Crippen molar-refractivity contribution in [1.29, 1.82) is 0 Å². The molecule has 0 amide bonds. The zero-order valence-electron chi connectivity index (χ0n) is 18.8. The summed E-state index contributed by atoms with van der Waals surface area (Å²) in [5, 5.41) is 6.32. The van der Waals surface area contributed by atoms with Crippen molar-refractivity contribution in [2.75, 3.05) is 34.9 Å². The average molecular weight is 565 g/mol. The first-order valence-electron chi connectivity index (χ1n) is 9.69. The van der Waals surface area contributed by atoms with Gasteiger partial charge in [0, 0.05) is 43.4 Å². The highest BCUT2D eigenvalue weighted by Gasteiger charge is 2.14. The number of hydrogen-bond donors (Lipinski definition) is 2. The summed E-state index contributed by atoms with van der Waals surface area (Å²) in [4.78, 5) is 4.18. The van der Waals surface area contributed by atoms with Crippen LogP contribution in [0.3, 0.4) is 0 Å². The molecule has 0 radical (unpaired) electrons. The topological polar surface area (TPSA) is 73.3 Å². The Balaban J connectivity index is 0.00000512. The van der Waals surface area contributed by atoms with Crippen molar-refractivity contribution >= 4 is 29.9 Å². The normalized spacial score (nSPS) is 10.9. The number of nitrogens with zero attached hydrogens (tertiary/aromatic N) is 1. The summed E-state index contributed by atoms with van der Waals surface area (Å²) in [5.41, 5.74) is 2.45. The number of halogens is 3. The van der Waals surface area contributed by atoms with Crippen LogP contribution in [-0.2, 0) is 13.0 Å². The van der Waals surface area contributed by atoms with E-state index in [0.717, 1.165) is 11.1 Å². The maximum atomic E-state index is 12.7. The van der Waals surface area contributed by atoms with Crippen molar-refractivity contribution in [1.82, 2.24) is 10.6 Å². The Morgan fingerprint density at radius 2 is 1.62 bits per heavy atom. The second-order valence-corrected chi connectivity index (χ2v) is 6.60. The largest absolute Gasteiger partial charge is 0.496 e. The van der Waals surface area contributed by atoms with Gasteiger partial charge in [-0.15, -0.1) is 24.0 Å². The third-order valence-corrected chi connectivity index (χ3v) is 4.59. The molecule has 178 valence electrons. The molecule has 2 aromatic rings. The number of alkyl halides is 2. The number of benzene rings is 2. The number of aliphatic imine (C=N–C) groups is 1.